The zero-order chi connectivity index (χ0) is 15.5. The molecule has 0 spiro atoms. The summed E-state index contributed by atoms with van der Waals surface area (Å²) in [6.07, 6.45) is 6.11. The first-order valence-electron chi connectivity index (χ1n) is 8.01. The quantitative estimate of drug-likeness (QED) is 0.941. The summed E-state index contributed by atoms with van der Waals surface area (Å²) in [5.74, 6) is 0.259. The number of hydrogen-bond donors (Lipinski definition) is 1. The number of fused-ring (bicyclic) bond motifs is 1. The Morgan fingerprint density at radius 2 is 2.05 bits per heavy atom. The molecule has 3 nitrogen and oxygen atoms in total. The Balaban J connectivity index is 1.75. The highest BCUT2D eigenvalue weighted by atomic mass is 19.1. The van der Waals surface area contributed by atoms with Gasteiger partial charge in [0.15, 0.2) is 0 Å². The van der Waals surface area contributed by atoms with Crippen LogP contribution in [0.3, 0.4) is 0 Å². The molecule has 0 bridgehead atoms. The van der Waals surface area contributed by atoms with Crippen molar-refractivity contribution < 1.29 is 9.50 Å². The molecule has 118 valence electrons. The standard InChI is InChI=1S/C18H23FN2O/c1-21(17-6-4-13(12-22)5-7-17)11-15-10-16(19)9-14-3-2-8-20-18(14)15/h2-3,8-10,13,17,22H,4-7,11-12H2,1H3. The highest BCUT2D eigenvalue weighted by molar-refractivity contribution is 5.81. The first-order chi connectivity index (χ1) is 10.7. The van der Waals surface area contributed by atoms with Gasteiger partial charge in [-0.15, -0.1) is 0 Å². The van der Waals surface area contributed by atoms with Crippen LogP contribution >= 0.6 is 0 Å². The van der Waals surface area contributed by atoms with Crippen molar-refractivity contribution in [3.05, 3.63) is 41.8 Å². The van der Waals surface area contributed by atoms with E-state index in [2.05, 4.69) is 16.9 Å². The maximum Gasteiger partial charge on any atom is 0.124 e. The largest absolute Gasteiger partial charge is 0.396 e. The molecule has 0 amide bonds. The fourth-order valence-corrected chi connectivity index (χ4v) is 3.51. The van der Waals surface area contributed by atoms with Crippen LogP contribution in [0.2, 0.25) is 0 Å². The maximum absolute atomic E-state index is 13.8. The molecular weight excluding hydrogens is 279 g/mol. The number of pyridine rings is 1. The van der Waals surface area contributed by atoms with E-state index in [-0.39, 0.29) is 5.82 Å². The van der Waals surface area contributed by atoms with Crippen LogP contribution in [0.15, 0.2) is 30.5 Å². The second kappa shape index (κ2) is 6.71. The van der Waals surface area contributed by atoms with Crippen molar-refractivity contribution in [1.29, 1.82) is 0 Å². The van der Waals surface area contributed by atoms with Crippen LogP contribution in [-0.2, 0) is 6.54 Å². The first-order valence-corrected chi connectivity index (χ1v) is 8.01. The van der Waals surface area contributed by atoms with Gasteiger partial charge in [0.1, 0.15) is 5.82 Å². The molecule has 2 aromatic rings. The third-order valence-electron chi connectivity index (χ3n) is 4.87. The molecule has 1 aliphatic carbocycles. The van der Waals surface area contributed by atoms with E-state index in [1.165, 1.54) is 6.07 Å². The normalized spacial score (nSPS) is 22.4. The SMILES string of the molecule is CN(Cc1cc(F)cc2cccnc12)C1CCC(CO)CC1. The number of nitrogens with zero attached hydrogens (tertiary/aromatic N) is 2. The number of aliphatic hydroxyl groups is 1. The van der Waals surface area contributed by atoms with Gasteiger partial charge in [-0.3, -0.25) is 9.88 Å². The molecule has 1 N–H and O–H groups in total. The van der Waals surface area contributed by atoms with Crippen molar-refractivity contribution in [2.24, 2.45) is 5.92 Å². The molecule has 22 heavy (non-hydrogen) atoms. The van der Waals surface area contributed by atoms with Gasteiger partial charge in [-0.25, -0.2) is 4.39 Å². The van der Waals surface area contributed by atoms with Gasteiger partial charge in [0, 0.05) is 30.8 Å². The van der Waals surface area contributed by atoms with Gasteiger partial charge in [-0.1, -0.05) is 6.07 Å². The summed E-state index contributed by atoms with van der Waals surface area (Å²) in [6, 6.07) is 7.39. The molecule has 3 rings (SSSR count). The molecule has 1 saturated carbocycles. The molecule has 0 unspecified atom stereocenters. The zero-order valence-corrected chi connectivity index (χ0v) is 13.0. The van der Waals surface area contributed by atoms with Gasteiger partial charge in [0.25, 0.3) is 0 Å². The summed E-state index contributed by atoms with van der Waals surface area (Å²) in [7, 11) is 2.10. The smallest absolute Gasteiger partial charge is 0.124 e. The van der Waals surface area contributed by atoms with Crippen LogP contribution in [0.4, 0.5) is 4.39 Å². The van der Waals surface area contributed by atoms with E-state index in [4.69, 9.17) is 0 Å². The third kappa shape index (κ3) is 3.28. The molecule has 1 aromatic heterocycles. The number of hydrogen-bond acceptors (Lipinski definition) is 3. The van der Waals surface area contributed by atoms with Crippen LogP contribution in [0.1, 0.15) is 31.2 Å². The summed E-state index contributed by atoms with van der Waals surface area (Å²) in [4.78, 5) is 6.72. The van der Waals surface area contributed by atoms with Crippen LogP contribution < -0.4 is 0 Å². The predicted octanol–water partition coefficient (Wildman–Crippen LogP) is 3.36. The molecule has 0 saturated heterocycles. The zero-order valence-electron chi connectivity index (χ0n) is 13.0. The Labute approximate surface area is 130 Å². The first kappa shape index (κ1) is 15.4. The van der Waals surface area contributed by atoms with Crippen molar-refractivity contribution in [3.63, 3.8) is 0 Å². The molecule has 1 fully saturated rings. The van der Waals surface area contributed by atoms with E-state index in [9.17, 15) is 9.50 Å². The summed E-state index contributed by atoms with van der Waals surface area (Å²) in [5, 5.41) is 10.1. The van der Waals surface area contributed by atoms with Crippen molar-refractivity contribution in [1.82, 2.24) is 9.88 Å². The van der Waals surface area contributed by atoms with Gasteiger partial charge >= 0.3 is 0 Å². The monoisotopic (exact) mass is 302 g/mol. The summed E-state index contributed by atoms with van der Waals surface area (Å²) >= 11 is 0. The van der Waals surface area contributed by atoms with Crippen LogP contribution in [-0.4, -0.2) is 34.7 Å². The third-order valence-corrected chi connectivity index (χ3v) is 4.87. The predicted molar refractivity (Wildman–Crippen MR) is 86.0 cm³/mol. The molecular formula is C18H23FN2O. The number of aliphatic hydroxyl groups excluding tert-OH is 1. The van der Waals surface area contributed by atoms with Gasteiger partial charge in [-0.2, -0.15) is 0 Å². The number of benzene rings is 1. The Morgan fingerprint density at radius 3 is 2.77 bits per heavy atom. The lowest BCUT2D eigenvalue weighted by atomic mass is 9.86. The lowest BCUT2D eigenvalue weighted by Gasteiger charge is -2.34. The lowest BCUT2D eigenvalue weighted by molar-refractivity contribution is 0.124. The second-order valence-electron chi connectivity index (χ2n) is 6.41. The molecule has 0 radical (unpaired) electrons. The van der Waals surface area contributed by atoms with Crippen LogP contribution in [0.25, 0.3) is 10.9 Å². The minimum atomic E-state index is -0.201. The average Bonchev–Trinajstić information content (AvgIpc) is 2.54. The molecule has 1 aliphatic rings. The van der Waals surface area contributed by atoms with Gasteiger partial charge in [-0.05, 0) is 62.4 Å². The Morgan fingerprint density at radius 1 is 1.27 bits per heavy atom. The Bertz CT molecular complexity index is 638. The number of halogens is 1. The van der Waals surface area contributed by atoms with E-state index < -0.39 is 0 Å². The number of rotatable bonds is 4. The lowest BCUT2D eigenvalue weighted by Crippen LogP contribution is -2.35. The summed E-state index contributed by atoms with van der Waals surface area (Å²) < 4.78 is 13.8. The van der Waals surface area contributed by atoms with Gasteiger partial charge in [0.05, 0.1) is 5.52 Å². The minimum absolute atomic E-state index is 0.201. The van der Waals surface area contributed by atoms with E-state index in [1.807, 2.05) is 12.1 Å². The van der Waals surface area contributed by atoms with Crippen molar-refractivity contribution >= 4 is 10.9 Å². The Kier molecular flexibility index (Phi) is 4.69. The van der Waals surface area contributed by atoms with E-state index >= 15 is 0 Å². The fraction of sp³-hybridized carbons (Fsp3) is 0.500. The number of aromatic nitrogens is 1. The maximum atomic E-state index is 13.8. The van der Waals surface area contributed by atoms with E-state index in [0.29, 0.717) is 25.1 Å². The van der Waals surface area contributed by atoms with Gasteiger partial charge in [0.2, 0.25) is 0 Å². The molecule has 0 atom stereocenters. The molecule has 4 heteroatoms. The minimum Gasteiger partial charge on any atom is -0.396 e. The van der Waals surface area contributed by atoms with Crippen molar-refractivity contribution in [2.75, 3.05) is 13.7 Å². The van der Waals surface area contributed by atoms with Gasteiger partial charge < -0.3 is 5.11 Å². The summed E-state index contributed by atoms with van der Waals surface area (Å²) in [5.41, 5.74) is 1.84. The fourth-order valence-electron chi connectivity index (χ4n) is 3.51. The van der Waals surface area contributed by atoms with Crippen molar-refractivity contribution in [3.8, 4) is 0 Å². The molecule has 1 aromatic carbocycles. The summed E-state index contributed by atoms with van der Waals surface area (Å²) in [6.45, 7) is 1.01. The second-order valence-corrected chi connectivity index (χ2v) is 6.41. The highest BCUT2D eigenvalue weighted by Crippen LogP contribution is 2.28. The average molecular weight is 302 g/mol. The highest BCUT2D eigenvalue weighted by Gasteiger charge is 2.24. The van der Waals surface area contributed by atoms with E-state index in [1.54, 1.807) is 12.3 Å². The van der Waals surface area contributed by atoms with Crippen LogP contribution in [0.5, 0.6) is 0 Å². The van der Waals surface area contributed by atoms with Crippen LogP contribution in [0, 0.1) is 11.7 Å². The van der Waals surface area contributed by atoms with Crippen molar-refractivity contribution in [2.45, 2.75) is 38.3 Å². The Hall–Kier alpha value is -1.52. The molecule has 0 aliphatic heterocycles. The van der Waals surface area contributed by atoms with E-state index in [0.717, 1.165) is 42.1 Å². The molecule has 1 heterocycles. The topological polar surface area (TPSA) is 36.4 Å².